The van der Waals surface area contributed by atoms with Crippen LogP contribution in [-0.2, 0) is 0 Å². The average Bonchev–Trinajstić information content (AvgIpc) is 3.55. The first-order chi connectivity index (χ1) is 23.8. The molecule has 0 aliphatic heterocycles. The van der Waals surface area contributed by atoms with Crippen LogP contribution in [0.1, 0.15) is 0 Å². The Hall–Kier alpha value is -6.38. The van der Waals surface area contributed by atoms with Crippen LogP contribution in [0.2, 0.25) is 0 Å². The fourth-order valence-corrected chi connectivity index (χ4v) is 7.76. The molecular formula is C46H29NO. The van der Waals surface area contributed by atoms with Crippen LogP contribution in [0.25, 0.3) is 76.2 Å². The van der Waals surface area contributed by atoms with Gasteiger partial charge in [-0.25, -0.2) is 0 Å². The third-order valence-corrected chi connectivity index (χ3v) is 9.79. The zero-order valence-corrected chi connectivity index (χ0v) is 26.1. The van der Waals surface area contributed by atoms with Gasteiger partial charge in [0.15, 0.2) is 0 Å². The molecule has 0 aliphatic rings. The van der Waals surface area contributed by atoms with Gasteiger partial charge in [0.05, 0.1) is 5.69 Å². The minimum atomic E-state index is 0.888. The van der Waals surface area contributed by atoms with Gasteiger partial charge in [-0.2, -0.15) is 0 Å². The smallest absolute Gasteiger partial charge is 0.144 e. The van der Waals surface area contributed by atoms with Crippen LogP contribution < -0.4 is 4.90 Å². The molecule has 9 aromatic carbocycles. The minimum Gasteiger partial charge on any atom is -0.455 e. The number of fused-ring (bicyclic) bond motifs is 11. The Morgan fingerprint density at radius 1 is 0.354 bits per heavy atom. The maximum absolute atomic E-state index is 6.77. The molecule has 0 fully saturated rings. The summed E-state index contributed by atoms with van der Waals surface area (Å²) in [4.78, 5) is 2.42. The van der Waals surface area contributed by atoms with Gasteiger partial charge in [0, 0.05) is 38.5 Å². The highest BCUT2D eigenvalue weighted by Crippen LogP contribution is 2.52. The van der Waals surface area contributed by atoms with E-state index in [0.717, 1.165) is 60.9 Å². The van der Waals surface area contributed by atoms with Gasteiger partial charge in [-0.3, -0.25) is 0 Å². The highest BCUT2D eigenvalue weighted by atomic mass is 16.3. The molecule has 0 atom stereocenters. The van der Waals surface area contributed by atoms with Crippen molar-refractivity contribution in [1.29, 1.82) is 0 Å². The highest BCUT2D eigenvalue weighted by molar-refractivity contribution is 6.29. The highest BCUT2D eigenvalue weighted by Gasteiger charge is 2.26. The first-order valence-electron chi connectivity index (χ1n) is 16.4. The largest absolute Gasteiger partial charge is 0.455 e. The summed E-state index contributed by atoms with van der Waals surface area (Å²) in [6.45, 7) is 0. The quantitative estimate of drug-likeness (QED) is 0.184. The fourth-order valence-electron chi connectivity index (χ4n) is 7.76. The summed E-state index contributed by atoms with van der Waals surface area (Å²) in [6.07, 6.45) is 0. The van der Waals surface area contributed by atoms with Crippen LogP contribution in [0, 0.1) is 0 Å². The summed E-state index contributed by atoms with van der Waals surface area (Å²) < 4.78 is 6.77. The summed E-state index contributed by atoms with van der Waals surface area (Å²) in [5.41, 5.74) is 7.43. The maximum Gasteiger partial charge on any atom is 0.144 e. The normalized spacial score (nSPS) is 11.8. The lowest BCUT2D eigenvalue weighted by Gasteiger charge is -2.30. The van der Waals surface area contributed by atoms with Crippen molar-refractivity contribution in [2.24, 2.45) is 0 Å². The van der Waals surface area contributed by atoms with E-state index >= 15 is 0 Å². The predicted molar refractivity (Wildman–Crippen MR) is 204 cm³/mol. The second-order valence-electron chi connectivity index (χ2n) is 12.4. The van der Waals surface area contributed by atoms with E-state index in [4.69, 9.17) is 4.42 Å². The monoisotopic (exact) mass is 611 g/mol. The predicted octanol–water partition coefficient (Wildman–Crippen LogP) is 13.3. The number of rotatable bonds is 4. The molecule has 10 aromatic rings. The van der Waals surface area contributed by atoms with Gasteiger partial charge in [-0.15, -0.1) is 0 Å². The molecule has 0 unspecified atom stereocenters. The van der Waals surface area contributed by atoms with Crippen molar-refractivity contribution in [2.45, 2.75) is 0 Å². The topological polar surface area (TPSA) is 16.4 Å². The molecule has 2 nitrogen and oxygen atoms in total. The summed E-state index contributed by atoms with van der Waals surface area (Å²) in [7, 11) is 0. The number of furan rings is 1. The van der Waals surface area contributed by atoms with Crippen molar-refractivity contribution < 1.29 is 4.42 Å². The molecule has 0 bridgehead atoms. The molecule has 48 heavy (non-hydrogen) atoms. The number of hydrogen-bond acceptors (Lipinski definition) is 2. The van der Waals surface area contributed by atoms with E-state index in [1.165, 1.54) is 32.3 Å². The summed E-state index contributed by atoms with van der Waals surface area (Å²) in [5, 5.41) is 12.0. The van der Waals surface area contributed by atoms with E-state index in [2.05, 4.69) is 181 Å². The molecule has 0 aliphatic carbocycles. The number of anilines is 3. The van der Waals surface area contributed by atoms with Gasteiger partial charge in [-0.05, 0) is 74.3 Å². The van der Waals surface area contributed by atoms with E-state index in [1.807, 2.05) is 0 Å². The van der Waals surface area contributed by atoms with Crippen LogP contribution in [0.3, 0.4) is 0 Å². The van der Waals surface area contributed by atoms with Crippen LogP contribution in [0.5, 0.6) is 0 Å². The second kappa shape index (κ2) is 10.6. The molecule has 0 saturated heterocycles. The van der Waals surface area contributed by atoms with Gasteiger partial charge in [-0.1, -0.05) is 140 Å². The Labute approximate surface area is 277 Å². The van der Waals surface area contributed by atoms with Crippen molar-refractivity contribution in [3.63, 3.8) is 0 Å². The Kier molecular flexibility index (Phi) is 5.91. The summed E-state index contributed by atoms with van der Waals surface area (Å²) in [5.74, 6) is 0. The van der Waals surface area contributed by atoms with E-state index in [1.54, 1.807) is 0 Å². The van der Waals surface area contributed by atoms with Crippen LogP contribution in [-0.4, -0.2) is 0 Å². The number of para-hydroxylation sites is 3. The molecule has 1 heterocycles. The standard InChI is InChI=1S/C46H29NO/c1-3-15-31(16-4-1)47(32-17-5-2-6-18-32)45-38-23-11-12-24-39(38)46-44(40-25-13-14-26-42(40)48-46)43(45)30-27-28-37-35-21-8-7-19-33(35)34-20-9-10-22-36(34)41(37)29-30/h1-29H. The van der Waals surface area contributed by atoms with Crippen molar-refractivity contribution in [2.75, 3.05) is 4.90 Å². The SMILES string of the molecule is c1ccc(N(c2ccccc2)c2c(-c3ccc4c5ccccc5c5ccccc5c4c3)c3c4ccccc4oc3c3ccccc23)cc1. The third-order valence-electron chi connectivity index (χ3n) is 9.79. The number of hydrogen-bond donors (Lipinski definition) is 0. The van der Waals surface area contributed by atoms with Gasteiger partial charge >= 0.3 is 0 Å². The van der Waals surface area contributed by atoms with Gasteiger partial charge in [0.1, 0.15) is 11.2 Å². The molecular weight excluding hydrogens is 583 g/mol. The first kappa shape index (κ1) is 26.8. The molecule has 10 rings (SSSR count). The Morgan fingerprint density at radius 3 is 1.42 bits per heavy atom. The summed E-state index contributed by atoms with van der Waals surface area (Å²) in [6, 6.07) is 63.2. The van der Waals surface area contributed by atoms with E-state index in [-0.39, 0.29) is 0 Å². The maximum atomic E-state index is 6.77. The fraction of sp³-hybridized carbons (Fsp3) is 0. The Bertz CT molecular complexity index is 2760. The lowest BCUT2D eigenvalue weighted by Crippen LogP contribution is -2.12. The van der Waals surface area contributed by atoms with Crippen molar-refractivity contribution in [3.05, 3.63) is 176 Å². The van der Waals surface area contributed by atoms with Gasteiger partial charge in [0.25, 0.3) is 0 Å². The number of nitrogens with zero attached hydrogens (tertiary/aromatic N) is 1. The van der Waals surface area contributed by atoms with Crippen molar-refractivity contribution in [3.8, 4) is 11.1 Å². The third kappa shape index (κ3) is 3.93. The van der Waals surface area contributed by atoms with Crippen LogP contribution >= 0.6 is 0 Å². The zero-order chi connectivity index (χ0) is 31.6. The Morgan fingerprint density at radius 2 is 0.812 bits per heavy atom. The summed E-state index contributed by atoms with van der Waals surface area (Å²) >= 11 is 0. The van der Waals surface area contributed by atoms with Gasteiger partial charge < -0.3 is 9.32 Å². The molecule has 0 radical (unpaired) electrons. The molecule has 0 saturated carbocycles. The zero-order valence-electron chi connectivity index (χ0n) is 26.1. The van der Waals surface area contributed by atoms with Crippen LogP contribution in [0.15, 0.2) is 180 Å². The lowest BCUT2D eigenvalue weighted by molar-refractivity contribution is 0.673. The molecule has 224 valence electrons. The second-order valence-corrected chi connectivity index (χ2v) is 12.4. The molecule has 0 spiro atoms. The van der Waals surface area contributed by atoms with E-state index < -0.39 is 0 Å². The van der Waals surface area contributed by atoms with Crippen molar-refractivity contribution in [1.82, 2.24) is 0 Å². The lowest BCUT2D eigenvalue weighted by atomic mass is 9.88. The first-order valence-corrected chi connectivity index (χ1v) is 16.4. The van der Waals surface area contributed by atoms with E-state index in [9.17, 15) is 0 Å². The van der Waals surface area contributed by atoms with Crippen molar-refractivity contribution >= 4 is 82.1 Å². The van der Waals surface area contributed by atoms with Crippen LogP contribution in [0.4, 0.5) is 17.1 Å². The average molecular weight is 612 g/mol. The minimum absolute atomic E-state index is 0.888. The molecule has 2 heteroatoms. The molecule has 1 aromatic heterocycles. The van der Waals surface area contributed by atoms with Gasteiger partial charge in [0.2, 0.25) is 0 Å². The molecule has 0 N–H and O–H groups in total. The molecule has 0 amide bonds. The Balaban J connectivity index is 1.43. The van der Waals surface area contributed by atoms with E-state index in [0.29, 0.717) is 0 Å². The number of benzene rings is 9.